The second-order valence-corrected chi connectivity index (χ2v) is 7.76. The van der Waals surface area contributed by atoms with Crippen LogP contribution in [0, 0.1) is 22.9 Å². The standard InChI is InChI=1S/C23H18ClFN4O5/c1-14-6-8-20(19(10-14)29(31)32)33-13-16-7-9-21(34-16)23(30)26-22-17(24)12-28(27-22)11-15-4-2-3-5-18(15)25/h2-10,12H,11,13H2,1H3,(H,26,27,30). The number of amides is 1. The number of ether oxygens (including phenoxy) is 1. The first-order valence-corrected chi connectivity index (χ1v) is 10.4. The van der Waals surface area contributed by atoms with Gasteiger partial charge in [0.1, 0.15) is 23.2 Å². The van der Waals surface area contributed by atoms with Gasteiger partial charge in [-0.05, 0) is 36.8 Å². The zero-order valence-corrected chi connectivity index (χ0v) is 18.6. The number of aryl methyl sites for hydroxylation is 1. The number of carbonyl (C=O) groups is 1. The van der Waals surface area contributed by atoms with Crippen molar-refractivity contribution in [1.29, 1.82) is 0 Å². The molecule has 0 unspecified atom stereocenters. The summed E-state index contributed by atoms with van der Waals surface area (Å²) in [5.74, 6) is -0.544. The van der Waals surface area contributed by atoms with Gasteiger partial charge in [0.05, 0.1) is 11.5 Å². The highest BCUT2D eigenvalue weighted by molar-refractivity contribution is 6.33. The third kappa shape index (κ3) is 5.24. The van der Waals surface area contributed by atoms with E-state index in [9.17, 15) is 19.3 Å². The number of furan rings is 1. The molecule has 1 amide bonds. The topological polar surface area (TPSA) is 112 Å². The summed E-state index contributed by atoms with van der Waals surface area (Å²) in [7, 11) is 0. The number of carbonyl (C=O) groups excluding carboxylic acids is 1. The Hall–Kier alpha value is -4.18. The first-order chi connectivity index (χ1) is 16.3. The molecule has 2 aromatic heterocycles. The second-order valence-electron chi connectivity index (χ2n) is 7.35. The van der Waals surface area contributed by atoms with E-state index in [0.29, 0.717) is 5.56 Å². The third-order valence-corrected chi connectivity index (χ3v) is 5.08. The van der Waals surface area contributed by atoms with Crippen LogP contribution in [-0.2, 0) is 13.2 Å². The van der Waals surface area contributed by atoms with Crippen molar-refractivity contribution in [2.75, 3.05) is 5.32 Å². The van der Waals surface area contributed by atoms with E-state index < -0.39 is 10.8 Å². The lowest BCUT2D eigenvalue weighted by molar-refractivity contribution is -0.386. The van der Waals surface area contributed by atoms with Gasteiger partial charge in [0.2, 0.25) is 0 Å². The summed E-state index contributed by atoms with van der Waals surface area (Å²) >= 11 is 6.16. The van der Waals surface area contributed by atoms with Gasteiger partial charge in [0, 0.05) is 17.8 Å². The van der Waals surface area contributed by atoms with Crippen molar-refractivity contribution in [1.82, 2.24) is 9.78 Å². The van der Waals surface area contributed by atoms with E-state index in [4.69, 9.17) is 20.8 Å². The zero-order valence-electron chi connectivity index (χ0n) is 17.8. The SMILES string of the molecule is Cc1ccc(OCc2ccc(C(=O)Nc3nn(Cc4ccccc4F)cc3Cl)o2)c([N+](=O)[O-])c1. The number of nitro groups is 1. The quantitative estimate of drug-likeness (QED) is 0.266. The van der Waals surface area contributed by atoms with E-state index in [1.54, 1.807) is 31.2 Å². The molecule has 0 spiro atoms. The van der Waals surface area contributed by atoms with Gasteiger partial charge in [-0.15, -0.1) is 0 Å². The number of benzene rings is 2. The van der Waals surface area contributed by atoms with Crippen LogP contribution in [0.25, 0.3) is 0 Å². The van der Waals surface area contributed by atoms with Gasteiger partial charge < -0.3 is 14.5 Å². The molecule has 2 aromatic carbocycles. The fourth-order valence-corrected chi connectivity index (χ4v) is 3.35. The first kappa shape index (κ1) is 23.0. The Morgan fingerprint density at radius 3 is 2.82 bits per heavy atom. The number of hydrogen-bond donors (Lipinski definition) is 1. The van der Waals surface area contributed by atoms with Gasteiger partial charge in [-0.3, -0.25) is 19.6 Å². The van der Waals surface area contributed by atoms with Crippen molar-refractivity contribution in [2.45, 2.75) is 20.1 Å². The number of anilines is 1. The van der Waals surface area contributed by atoms with Crippen molar-refractivity contribution in [2.24, 2.45) is 0 Å². The minimum atomic E-state index is -0.606. The number of hydrogen-bond acceptors (Lipinski definition) is 6. The molecule has 1 N–H and O–H groups in total. The van der Waals surface area contributed by atoms with E-state index >= 15 is 0 Å². The van der Waals surface area contributed by atoms with Gasteiger partial charge in [-0.2, -0.15) is 5.10 Å². The van der Waals surface area contributed by atoms with Crippen LogP contribution in [0.5, 0.6) is 5.75 Å². The molecule has 4 aromatic rings. The number of aromatic nitrogens is 2. The average Bonchev–Trinajstić information content (AvgIpc) is 3.41. The van der Waals surface area contributed by atoms with Gasteiger partial charge in [0.15, 0.2) is 17.3 Å². The monoisotopic (exact) mass is 484 g/mol. The Kier molecular flexibility index (Phi) is 6.60. The maximum Gasteiger partial charge on any atom is 0.311 e. The zero-order chi connectivity index (χ0) is 24.2. The highest BCUT2D eigenvalue weighted by Crippen LogP contribution is 2.29. The Morgan fingerprint density at radius 2 is 2.06 bits per heavy atom. The number of nitro benzene ring substituents is 1. The van der Waals surface area contributed by atoms with Crippen LogP contribution in [0.15, 0.2) is 65.2 Å². The minimum absolute atomic E-state index is 0.0308. The maximum absolute atomic E-state index is 13.9. The van der Waals surface area contributed by atoms with Crippen LogP contribution >= 0.6 is 11.6 Å². The van der Waals surface area contributed by atoms with E-state index in [1.165, 1.54) is 41.2 Å². The van der Waals surface area contributed by atoms with Crippen LogP contribution < -0.4 is 10.1 Å². The van der Waals surface area contributed by atoms with Crippen molar-refractivity contribution < 1.29 is 23.3 Å². The van der Waals surface area contributed by atoms with E-state index in [-0.39, 0.29) is 52.8 Å². The van der Waals surface area contributed by atoms with Gasteiger partial charge in [-0.25, -0.2) is 4.39 Å². The molecule has 11 heteroatoms. The predicted molar refractivity (Wildman–Crippen MR) is 122 cm³/mol. The van der Waals surface area contributed by atoms with Gasteiger partial charge in [0.25, 0.3) is 5.91 Å². The molecule has 0 bridgehead atoms. The Morgan fingerprint density at radius 1 is 1.26 bits per heavy atom. The molecular weight excluding hydrogens is 467 g/mol. The summed E-state index contributed by atoms with van der Waals surface area (Å²) in [6, 6.07) is 13.8. The lowest BCUT2D eigenvalue weighted by atomic mass is 10.2. The highest BCUT2D eigenvalue weighted by Gasteiger charge is 2.18. The fraction of sp³-hybridized carbons (Fsp3) is 0.130. The van der Waals surface area contributed by atoms with Gasteiger partial charge >= 0.3 is 5.69 Å². The predicted octanol–water partition coefficient (Wildman–Crippen LogP) is 5.36. The molecule has 0 atom stereocenters. The van der Waals surface area contributed by atoms with E-state index in [2.05, 4.69) is 10.4 Å². The Bertz CT molecular complexity index is 1370. The number of nitrogens with one attached hydrogen (secondary N) is 1. The van der Waals surface area contributed by atoms with Crippen LogP contribution in [-0.4, -0.2) is 20.6 Å². The van der Waals surface area contributed by atoms with Crippen LogP contribution in [0.3, 0.4) is 0 Å². The normalized spacial score (nSPS) is 10.8. The molecule has 0 aliphatic rings. The maximum atomic E-state index is 13.9. The summed E-state index contributed by atoms with van der Waals surface area (Å²) in [5, 5.41) is 18.1. The van der Waals surface area contributed by atoms with E-state index in [0.717, 1.165) is 5.56 Å². The summed E-state index contributed by atoms with van der Waals surface area (Å²) < 4.78 is 26.3. The molecule has 4 rings (SSSR count). The van der Waals surface area contributed by atoms with Crippen molar-refractivity contribution in [3.8, 4) is 5.75 Å². The van der Waals surface area contributed by atoms with Crippen LogP contribution in [0.2, 0.25) is 5.02 Å². The Balaban J connectivity index is 1.40. The molecule has 2 heterocycles. The van der Waals surface area contributed by atoms with Crippen molar-refractivity contribution >= 4 is 29.0 Å². The molecule has 0 aliphatic carbocycles. The van der Waals surface area contributed by atoms with Crippen LogP contribution in [0.1, 0.15) is 27.4 Å². The largest absolute Gasteiger partial charge is 0.479 e. The molecule has 34 heavy (non-hydrogen) atoms. The molecule has 0 saturated carbocycles. The smallest absolute Gasteiger partial charge is 0.311 e. The fourth-order valence-electron chi connectivity index (χ4n) is 3.15. The van der Waals surface area contributed by atoms with Crippen LogP contribution in [0.4, 0.5) is 15.9 Å². The summed E-state index contributed by atoms with van der Waals surface area (Å²) in [4.78, 5) is 23.2. The average molecular weight is 485 g/mol. The molecule has 174 valence electrons. The van der Waals surface area contributed by atoms with E-state index in [1.807, 2.05) is 0 Å². The number of rotatable bonds is 8. The molecular formula is C23H18ClFN4O5. The summed E-state index contributed by atoms with van der Waals surface area (Å²) in [5.41, 5.74) is 0.986. The first-order valence-electron chi connectivity index (χ1n) is 10.0. The van der Waals surface area contributed by atoms with Gasteiger partial charge in [-0.1, -0.05) is 35.9 Å². The minimum Gasteiger partial charge on any atom is -0.479 e. The number of nitrogens with zero attached hydrogens (tertiary/aromatic N) is 3. The number of halogens is 2. The van der Waals surface area contributed by atoms with Crippen molar-refractivity contribution in [3.05, 3.63) is 104 Å². The molecule has 0 radical (unpaired) electrons. The summed E-state index contributed by atoms with van der Waals surface area (Å²) in [6.07, 6.45) is 1.47. The second kappa shape index (κ2) is 9.75. The third-order valence-electron chi connectivity index (χ3n) is 4.81. The summed E-state index contributed by atoms with van der Waals surface area (Å²) in [6.45, 7) is 1.76. The van der Waals surface area contributed by atoms with Crippen molar-refractivity contribution in [3.63, 3.8) is 0 Å². The molecule has 0 saturated heterocycles. The molecule has 0 fully saturated rings. The molecule has 0 aliphatic heterocycles. The highest BCUT2D eigenvalue weighted by atomic mass is 35.5. The Labute approximate surface area is 197 Å². The lowest BCUT2D eigenvalue weighted by Gasteiger charge is -2.06. The molecule has 9 nitrogen and oxygen atoms in total. The lowest BCUT2D eigenvalue weighted by Crippen LogP contribution is -2.12.